The average molecular weight is 349 g/mol. The molecule has 0 radical (unpaired) electrons. The molecule has 1 saturated carbocycles. The quantitative estimate of drug-likeness (QED) is 0.695. The first-order chi connectivity index (χ1) is 9.13. The molecule has 0 aromatic heterocycles. The molecule has 19 heavy (non-hydrogen) atoms. The Morgan fingerprint density at radius 3 is 2.74 bits per heavy atom. The second-order valence-corrected chi connectivity index (χ2v) is 6.53. The van der Waals surface area contributed by atoms with Gasteiger partial charge in [-0.05, 0) is 59.8 Å². The molecule has 4 heteroatoms. The Morgan fingerprint density at radius 1 is 1.42 bits per heavy atom. The predicted octanol–water partition coefficient (Wildman–Crippen LogP) is 5.47. The Bertz CT molecular complexity index is 432. The van der Waals surface area contributed by atoms with Crippen molar-refractivity contribution in [3.05, 3.63) is 33.0 Å². The van der Waals surface area contributed by atoms with Gasteiger partial charge in [0.05, 0.1) is 5.02 Å². The lowest BCUT2D eigenvalue weighted by Gasteiger charge is -2.26. The lowest BCUT2D eigenvalue weighted by Crippen LogP contribution is -2.28. The van der Waals surface area contributed by atoms with E-state index in [0.717, 1.165) is 13.0 Å². The van der Waals surface area contributed by atoms with E-state index in [1.165, 1.54) is 31.7 Å². The third kappa shape index (κ3) is 3.71. The Morgan fingerprint density at radius 2 is 2.11 bits per heavy atom. The second kappa shape index (κ2) is 7.05. The molecule has 1 aromatic carbocycles. The second-order valence-electron chi connectivity index (χ2n) is 5.26. The van der Waals surface area contributed by atoms with E-state index in [2.05, 4.69) is 28.2 Å². The molecule has 1 fully saturated rings. The highest BCUT2D eigenvalue weighted by Crippen LogP contribution is 2.38. The Labute approximate surface area is 128 Å². The van der Waals surface area contributed by atoms with Crippen molar-refractivity contribution in [1.29, 1.82) is 0 Å². The summed E-state index contributed by atoms with van der Waals surface area (Å²) in [4.78, 5) is 0. The molecule has 2 rings (SSSR count). The largest absolute Gasteiger partial charge is 0.310 e. The van der Waals surface area contributed by atoms with E-state index in [1.54, 1.807) is 6.07 Å². The van der Waals surface area contributed by atoms with Crippen molar-refractivity contribution in [3.63, 3.8) is 0 Å². The third-order valence-electron chi connectivity index (χ3n) is 3.86. The van der Waals surface area contributed by atoms with Gasteiger partial charge in [-0.1, -0.05) is 31.4 Å². The SMILES string of the molecule is CCCNC(c1cc(Cl)c(Br)cc1F)C1CCCC1. The van der Waals surface area contributed by atoms with Crippen LogP contribution in [0.4, 0.5) is 4.39 Å². The highest BCUT2D eigenvalue weighted by molar-refractivity contribution is 9.10. The fraction of sp³-hybridized carbons (Fsp3) is 0.600. The summed E-state index contributed by atoms with van der Waals surface area (Å²) < 4.78 is 14.9. The molecule has 1 N–H and O–H groups in total. The van der Waals surface area contributed by atoms with Crippen LogP contribution in [0.5, 0.6) is 0 Å². The number of hydrogen-bond donors (Lipinski definition) is 1. The van der Waals surface area contributed by atoms with Crippen molar-refractivity contribution < 1.29 is 4.39 Å². The Balaban J connectivity index is 2.28. The van der Waals surface area contributed by atoms with Crippen molar-refractivity contribution in [2.45, 2.75) is 45.1 Å². The zero-order valence-electron chi connectivity index (χ0n) is 11.2. The van der Waals surface area contributed by atoms with Crippen LogP contribution in [0.25, 0.3) is 0 Å². The first-order valence-electron chi connectivity index (χ1n) is 7.01. The molecule has 1 aliphatic rings. The van der Waals surface area contributed by atoms with Gasteiger partial charge in [-0.2, -0.15) is 0 Å². The van der Waals surface area contributed by atoms with Crippen LogP contribution in [-0.2, 0) is 0 Å². The van der Waals surface area contributed by atoms with Crippen LogP contribution in [0.2, 0.25) is 5.02 Å². The van der Waals surface area contributed by atoms with E-state index in [4.69, 9.17) is 11.6 Å². The minimum absolute atomic E-state index is 0.0908. The molecule has 1 atom stereocenters. The average Bonchev–Trinajstić information content (AvgIpc) is 2.89. The molecule has 0 amide bonds. The van der Waals surface area contributed by atoms with Gasteiger partial charge in [-0.25, -0.2) is 4.39 Å². The van der Waals surface area contributed by atoms with Crippen LogP contribution in [0.15, 0.2) is 16.6 Å². The number of halogens is 3. The van der Waals surface area contributed by atoms with Gasteiger partial charge in [0.15, 0.2) is 0 Å². The highest BCUT2D eigenvalue weighted by Gasteiger charge is 2.28. The predicted molar refractivity (Wildman–Crippen MR) is 82.1 cm³/mol. The maximum absolute atomic E-state index is 14.2. The molecular weight excluding hydrogens is 329 g/mol. The summed E-state index contributed by atoms with van der Waals surface area (Å²) in [5.41, 5.74) is 0.716. The van der Waals surface area contributed by atoms with E-state index >= 15 is 0 Å². The van der Waals surface area contributed by atoms with Crippen molar-refractivity contribution in [2.24, 2.45) is 5.92 Å². The van der Waals surface area contributed by atoms with Gasteiger partial charge < -0.3 is 5.32 Å². The summed E-state index contributed by atoms with van der Waals surface area (Å²) in [7, 11) is 0. The summed E-state index contributed by atoms with van der Waals surface area (Å²) in [5, 5.41) is 4.08. The van der Waals surface area contributed by atoms with Gasteiger partial charge in [0.25, 0.3) is 0 Å². The molecule has 1 aromatic rings. The maximum atomic E-state index is 14.2. The van der Waals surface area contributed by atoms with Gasteiger partial charge in [0.1, 0.15) is 5.82 Å². The van der Waals surface area contributed by atoms with E-state index in [0.29, 0.717) is 21.0 Å². The first kappa shape index (κ1) is 15.3. The lowest BCUT2D eigenvalue weighted by molar-refractivity contribution is 0.357. The zero-order valence-corrected chi connectivity index (χ0v) is 13.5. The summed E-state index contributed by atoms with van der Waals surface area (Å²) in [6.45, 7) is 3.04. The molecule has 106 valence electrons. The number of rotatable bonds is 5. The molecule has 0 aliphatic heterocycles. The van der Waals surface area contributed by atoms with Gasteiger partial charge in [-0.3, -0.25) is 0 Å². The fourth-order valence-electron chi connectivity index (χ4n) is 2.90. The number of benzene rings is 1. The molecule has 1 nitrogen and oxygen atoms in total. The zero-order chi connectivity index (χ0) is 13.8. The Hall–Kier alpha value is -0.120. The standard InChI is InChI=1S/C15H20BrClFN/c1-2-7-19-15(10-5-3-4-6-10)11-8-13(17)12(16)9-14(11)18/h8-10,15,19H,2-7H2,1H3. The summed E-state index contributed by atoms with van der Waals surface area (Å²) in [6, 6.07) is 3.34. The van der Waals surface area contributed by atoms with Crippen LogP contribution < -0.4 is 5.32 Å². The normalized spacial score (nSPS) is 17.9. The van der Waals surface area contributed by atoms with E-state index in [-0.39, 0.29) is 11.9 Å². The molecule has 0 bridgehead atoms. The minimum Gasteiger partial charge on any atom is -0.310 e. The summed E-state index contributed by atoms with van der Waals surface area (Å²) >= 11 is 9.40. The molecule has 0 saturated heterocycles. The minimum atomic E-state index is -0.170. The van der Waals surface area contributed by atoms with Gasteiger partial charge in [0.2, 0.25) is 0 Å². The summed E-state index contributed by atoms with van der Waals surface area (Å²) in [6.07, 6.45) is 5.90. The molecule has 1 unspecified atom stereocenters. The van der Waals surface area contributed by atoms with Gasteiger partial charge >= 0.3 is 0 Å². The van der Waals surface area contributed by atoms with Crippen LogP contribution in [0.1, 0.15) is 50.6 Å². The van der Waals surface area contributed by atoms with E-state index in [1.807, 2.05) is 0 Å². The van der Waals surface area contributed by atoms with Crippen LogP contribution in [0, 0.1) is 11.7 Å². The highest BCUT2D eigenvalue weighted by atomic mass is 79.9. The van der Waals surface area contributed by atoms with Crippen LogP contribution in [0.3, 0.4) is 0 Å². The van der Waals surface area contributed by atoms with Crippen molar-refractivity contribution in [1.82, 2.24) is 5.32 Å². The topological polar surface area (TPSA) is 12.0 Å². The van der Waals surface area contributed by atoms with Crippen molar-refractivity contribution in [3.8, 4) is 0 Å². The number of nitrogens with one attached hydrogen (secondary N) is 1. The molecule has 1 aliphatic carbocycles. The smallest absolute Gasteiger partial charge is 0.129 e. The summed E-state index contributed by atoms with van der Waals surface area (Å²) in [5.74, 6) is 0.357. The third-order valence-corrected chi connectivity index (χ3v) is 5.06. The van der Waals surface area contributed by atoms with Crippen molar-refractivity contribution in [2.75, 3.05) is 6.54 Å². The fourth-order valence-corrected chi connectivity index (χ4v) is 3.38. The van der Waals surface area contributed by atoms with E-state index in [9.17, 15) is 4.39 Å². The molecule has 0 spiro atoms. The Kier molecular flexibility index (Phi) is 5.67. The lowest BCUT2D eigenvalue weighted by atomic mass is 9.91. The van der Waals surface area contributed by atoms with Crippen LogP contribution >= 0.6 is 27.5 Å². The molecule has 0 heterocycles. The number of hydrogen-bond acceptors (Lipinski definition) is 1. The van der Waals surface area contributed by atoms with Crippen molar-refractivity contribution >= 4 is 27.5 Å². The molecular formula is C15H20BrClFN. The van der Waals surface area contributed by atoms with Gasteiger partial charge in [0, 0.05) is 16.1 Å². The van der Waals surface area contributed by atoms with Crippen LogP contribution in [-0.4, -0.2) is 6.54 Å². The van der Waals surface area contributed by atoms with Gasteiger partial charge in [-0.15, -0.1) is 0 Å². The monoisotopic (exact) mass is 347 g/mol. The first-order valence-corrected chi connectivity index (χ1v) is 8.18. The maximum Gasteiger partial charge on any atom is 0.129 e. The van der Waals surface area contributed by atoms with E-state index < -0.39 is 0 Å².